The van der Waals surface area contributed by atoms with E-state index in [-0.39, 0.29) is 0 Å². The summed E-state index contributed by atoms with van der Waals surface area (Å²) in [5.74, 6) is 0. The van der Waals surface area contributed by atoms with Crippen molar-refractivity contribution >= 4 is 34.4 Å². The Morgan fingerprint density at radius 2 is 1.95 bits per heavy atom. The van der Waals surface area contributed by atoms with Crippen molar-refractivity contribution in [3.63, 3.8) is 0 Å². The lowest BCUT2D eigenvalue weighted by atomic mass is 10.2. The van der Waals surface area contributed by atoms with Crippen LogP contribution in [0.2, 0.25) is 5.02 Å². The highest BCUT2D eigenvalue weighted by molar-refractivity contribution is 6.31. The van der Waals surface area contributed by atoms with Gasteiger partial charge in [0.2, 0.25) is 0 Å². The van der Waals surface area contributed by atoms with Crippen molar-refractivity contribution in [2.45, 2.75) is 6.42 Å². The number of aromatic nitrogens is 1. The van der Waals surface area contributed by atoms with Crippen LogP contribution < -0.4 is 5.43 Å². The lowest BCUT2D eigenvalue weighted by Gasteiger charge is -2.05. The summed E-state index contributed by atoms with van der Waals surface area (Å²) in [4.78, 5) is 4.30. The molecular weight excluding hydrogens is 282 g/mol. The summed E-state index contributed by atoms with van der Waals surface area (Å²) in [7, 11) is 0. The van der Waals surface area contributed by atoms with Crippen LogP contribution in [-0.4, -0.2) is 11.2 Å². The number of pyridine rings is 1. The minimum atomic E-state index is 0.680. The second-order valence-corrected chi connectivity index (χ2v) is 5.07. The fourth-order valence-corrected chi connectivity index (χ4v) is 2.27. The van der Waals surface area contributed by atoms with Crippen LogP contribution in [0.25, 0.3) is 10.9 Å². The van der Waals surface area contributed by atoms with Gasteiger partial charge in [-0.1, -0.05) is 41.9 Å². The largest absolute Gasteiger partial charge is 0.278 e. The molecule has 0 aliphatic heterocycles. The number of hydrazone groups is 1. The number of rotatable bonds is 4. The molecule has 0 aliphatic rings. The Bertz CT molecular complexity index is 769. The molecular formula is C17H14ClN3. The van der Waals surface area contributed by atoms with E-state index < -0.39 is 0 Å². The number of hydrogen-bond donors (Lipinski definition) is 1. The summed E-state index contributed by atoms with van der Waals surface area (Å²) in [6.07, 6.45) is 4.40. The highest BCUT2D eigenvalue weighted by Crippen LogP contribution is 2.24. The molecule has 4 heteroatoms. The van der Waals surface area contributed by atoms with Crippen LogP contribution >= 0.6 is 11.6 Å². The van der Waals surface area contributed by atoms with Crippen LogP contribution in [0.4, 0.5) is 5.69 Å². The third kappa shape index (κ3) is 3.38. The topological polar surface area (TPSA) is 37.3 Å². The molecule has 104 valence electrons. The minimum Gasteiger partial charge on any atom is -0.278 e. The molecule has 0 radical (unpaired) electrons. The molecule has 21 heavy (non-hydrogen) atoms. The van der Waals surface area contributed by atoms with Crippen LogP contribution in [0.1, 0.15) is 5.56 Å². The summed E-state index contributed by atoms with van der Waals surface area (Å²) in [6, 6.07) is 17.8. The van der Waals surface area contributed by atoms with Crippen LogP contribution in [0.3, 0.4) is 0 Å². The van der Waals surface area contributed by atoms with Crippen molar-refractivity contribution in [1.29, 1.82) is 0 Å². The molecule has 0 saturated carbocycles. The van der Waals surface area contributed by atoms with E-state index in [1.165, 1.54) is 5.56 Å². The van der Waals surface area contributed by atoms with Gasteiger partial charge >= 0.3 is 0 Å². The van der Waals surface area contributed by atoms with Crippen LogP contribution in [0, 0.1) is 0 Å². The molecule has 0 unspecified atom stereocenters. The third-order valence-electron chi connectivity index (χ3n) is 3.15. The smallest absolute Gasteiger partial charge is 0.0738 e. The number of hydrogen-bond acceptors (Lipinski definition) is 3. The first kappa shape index (κ1) is 13.6. The zero-order valence-electron chi connectivity index (χ0n) is 11.3. The molecule has 0 saturated heterocycles. The average molecular weight is 296 g/mol. The molecule has 0 atom stereocenters. The van der Waals surface area contributed by atoms with Crippen molar-refractivity contribution in [2.75, 3.05) is 5.43 Å². The van der Waals surface area contributed by atoms with Crippen molar-refractivity contribution in [3.8, 4) is 0 Å². The number of nitrogens with zero attached hydrogens (tertiary/aromatic N) is 2. The number of anilines is 1. The summed E-state index contributed by atoms with van der Waals surface area (Å²) in [5.41, 5.74) is 6.06. The predicted octanol–water partition coefficient (Wildman–Crippen LogP) is 4.53. The zero-order chi connectivity index (χ0) is 14.5. The molecule has 1 aromatic heterocycles. The van der Waals surface area contributed by atoms with Crippen LogP contribution in [0.15, 0.2) is 65.9 Å². The van der Waals surface area contributed by atoms with Gasteiger partial charge in [0.25, 0.3) is 0 Å². The Balaban J connectivity index is 1.73. The Morgan fingerprint density at radius 1 is 1.10 bits per heavy atom. The number of fused-ring (bicyclic) bond motifs is 1. The average Bonchev–Trinajstić information content (AvgIpc) is 2.52. The van der Waals surface area contributed by atoms with Gasteiger partial charge in [-0.05, 0) is 29.8 Å². The van der Waals surface area contributed by atoms with Gasteiger partial charge in [-0.2, -0.15) is 5.10 Å². The first-order valence-electron chi connectivity index (χ1n) is 6.69. The lowest BCUT2D eigenvalue weighted by Crippen LogP contribution is -1.93. The van der Waals surface area contributed by atoms with Crippen LogP contribution in [-0.2, 0) is 6.42 Å². The van der Waals surface area contributed by atoms with Gasteiger partial charge in [0, 0.05) is 29.2 Å². The second-order valence-electron chi connectivity index (χ2n) is 4.63. The first-order valence-corrected chi connectivity index (χ1v) is 7.06. The molecule has 1 heterocycles. The molecule has 3 aromatic rings. The molecule has 0 amide bonds. The van der Waals surface area contributed by atoms with E-state index in [2.05, 4.69) is 27.6 Å². The lowest BCUT2D eigenvalue weighted by molar-refractivity contribution is 1.29. The summed E-state index contributed by atoms with van der Waals surface area (Å²) in [5, 5.41) is 5.95. The first-order chi connectivity index (χ1) is 10.3. The van der Waals surface area contributed by atoms with E-state index >= 15 is 0 Å². The number of benzene rings is 2. The molecule has 0 aliphatic carbocycles. The second kappa shape index (κ2) is 6.37. The Kier molecular flexibility index (Phi) is 4.12. The van der Waals surface area contributed by atoms with E-state index in [0.717, 1.165) is 23.0 Å². The summed E-state index contributed by atoms with van der Waals surface area (Å²) >= 11 is 5.98. The van der Waals surface area contributed by atoms with Crippen molar-refractivity contribution in [1.82, 2.24) is 4.98 Å². The van der Waals surface area contributed by atoms with Gasteiger partial charge in [0.05, 0.1) is 11.2 Å². The quantitative estimate of drug-likeness (QED) is 0.567. The number of halogens is 1. The highest BCUT2D eigenvalue weighted by Gasteiger charge is 2.01. The van der Waals surface area contributed by atoms with Gasteiger partial charge < -0.3 is 0 Å². The van der Waals surface area contributed by atoms with Gasteiger partial charge in [-0.15, -0.1) is 0 Å². The fourth-order valence-electron chi connectivity index (χ4n) is 2.10. The van der Waals surface area contributed by atoms with E-state index in [4.69, 9.17) is 11.6 Å². The minimum absolute atomic E-state index is 0.680. The van der Waals surface area contributed by atoms with E-state index in [1.807, 2.05) is 48.7 Å². The molecule has 2 aromatic carbocycles. The van der Waals surface area contributed by atoms with Gasteiger partial charge in [-0.3, -0.25) is 10.4 Å². The Hall–Kier alpha value is -2.39. The zero-order valence-corrected chi connectivity index (χ0v) is 12.1. The summed E-state index contributed by atoms with van der Waals surface area (Å²) < 4.78 is 0. The maximum atomic E-state index is 5.98. The van der Waals surface area contributed by atoms with E-state index in [9.17, 15) is 0 Å². The van der Waals surface area contributed by atoms with Gasteiger partial charge in [-0.25, -0.2) is 0 Å². The molecule has 0 bridgehead atoms. The highest BCUT2D eigenvalue weighted by atomic mass is 35.5. The summed E-state index contributed by atoms with van der Waals surface area (Å²) in [6.45, 7) is 0. The number of nitrogens with one attached hydrogen (secondary N) is 1. The maximum absolute atomic E-state index is 5.98. The standard InChI is InChI=1S/C17H14ClN3/c18-14-6-7-15-16(9-10-19-17(15)12-14)21-20-11-8-13-4-2-1-3-5-13/h1-7,9-12H,8H2,(H,19,21). The third-order valence-corrected chi connectivity index (χ3v) is 3.39. The molecule has 3 nitrogen and oxygen atoms in total. The molecule has 1 N–H and O–H groups in total. The normalized spacial score (nSPS) is 11.1. The maximum Gasteiger partial charge on any atom is 0.0738 e. The van der Waals surface area contributed by atoms with Gasteiger partial charge in [0.15, 0.2) is 0 Å². The van der Waals surface area contributed by atoms with Crippen molar-refractivity contribution in [2.24, 2.45) is 5.10 Å². The Labute approximate surface area is 128 Å². The van der Waals surface area contributed by atoms with Crippen molar-refractivity contribution in [3.05, 3.63) is 71.4 Å². The van der Waals surface area contributed by atoms with Crippen LogP contribution in [0.5, 0.6) is 0 Å². The van der Waals surface area contributed by atoms with E-state index in [1.54, 1.807) is 6.20 Å². The monoisotopic (exact) mass is 295 g/mol. The predicted molar refractivity (Wildman–Crippen MR) is 89.0 cm³/mol. The SMILES string of the molecule is Clc1ccc2c(NN=CCc3ccccc3)ccnc2c1. The molecule has 3 rings (SSSR count). The van der Waals surface area contributed by atoms with Crippen molar-refractivity contribution < 1.29 is 0 Å². The van der Waals surface area contributed by atoms with E-state index in [0.29, 0.717) is 5.02 Å². The Morgan fingerprint density at radius 3 is 2.81 bits per heavy atom. The van der Waals surface area contributed by atoms with Gasteiger partial charge in [0.1, 0.15) is 0 Å². The fraction of sp³-hybridized carbons (Fsp3) is 0.0588. The molecule has 0 spiro atoms. The molecule has 0 fully saturated rings.